The summed E-state index contributed by atoms with van der Waals surface area (Å²) in [4.78, 5) is 4.85. The molecule has 1 aliphatic rings. The fraction of sp³-hybridized carbons (Fsp3) is 0.571. The first-order chi connectivity index (χ1) is 8.72. The zero-order chi connectivity index (χ0) is 13.0. The van der Waals surface area contributed by atoms with Crippen molar-refractivity contribution in [1.82, 2.24) is 10.2 Å². The molecule has 0 saturated carbocycles. The molecule has 0 atom stereocenters. The van der Waals surface area contributed by atoms with E-state index in [4.69, 9.17) is 11.6 Å². The maximum absolute atomic E-state index is 6.32. The molecule has 0 spiro atoms. The van der Waals surface area contributed by atoms with E-state index in [1.807, 2.05) is 19.2 Å². The molecule has 0 unspecified atom stereocenters. The number of halogens is 1. The summed E-state index contributed by atoms with van der Waals surface area (Å²) in [5, 5.41) is 4.07. The third-order valence-corrected chi connectivity index (χ3v) is 3.86. The van der Waals surface area contributed by atoms with E-state index in [9.17, 15) is 0 Å². The molecule has 1 aromatic carbocycles. The number of hydrogen-bond donors (Lipinski definition) is 1. The molecule has 1 aromatic rings. The van der Waals surface area contributed by atoms with E-state index in [0.29, 0.717) is 0 Å². The Balaban J connectivity index is 2.23. The largest absolute Gasteiger partial charge is 0.370 e. The molecular weight excluding hydrogens is 246 g/mol. The van der Waals surface area contributed by atoms with Crippen LogP contribution in [0.25, 0.3) is 0 Å². The average molecular weight is 268 g/mol. The van der Waals surface area contributed by atoms with Crippen LogP contribution < -0.4 is 10.2 Å². The SMILES string of the molecule is CNCc1c(Cl)cccc1N1CCCN(C)CC1. The summed E-state index contributed by atoms with van der Waals surface area (Å²) in [6.07, 6.45) is 1.21. The van der Waals surface area contributed by atoms with Crippen molar-refractivity contribution in [3.05, 3.63) is 28.8 Å². The lowest BCUT2D eigenvalue weighted by Gasteiger charge is -2.26. The molecule has 3 nitrogen and oxygen atoms in total. The molecule has 100 valence electrons. The third-order valence-electron chi connectivity index (χ3n) is 3.51. The minimum atomic E-state index is 0.821. The van der Waals surface area contributed by atoms with Crippen LogP contribution in [0.4, 0.5) is 5.69 Å². The summed E-state index contributed by atoms with van der Waals surface area (Å²) < 4.78 is 0. The lowest BCUT2D eigenvalue weighted by atomic mass is 10.1. The highest BCUT2D eigenvalue weighted by molar-refractivity contribution is 6.31. The minimum absolute atomic E-state index is 0.821. The first-order valence-corrected chi connectivity index (χ1v) is 6.95. The molecular formula is C14H22ClN3. The highest BCUT2D eigenvalue weighted by Crippen LogP contribution is 2.28. The Morgan fingerprint density at radius 1 is 1.22 bits per heavy atom. The molecule has 1 aliphatic heterocycles. The minimum Gasteiger partial charge on any atom is -0.370 e. The second-order valence-corrected chi connectivity index (χ2v) is 5.32. The Kier molecular flexibility index (Phi) is 4.87. The van der Waals surface area contributed by atoms with E-state index in [1.165, 1.54) is 24.2 Å². The van der Waals surface area contributed by atoms with Crippen molar-refractivity contribution in [2.45, 2.75) is 13.0 Å². The predicted molar refractivity (Wildman–Crippen MR) is 78.5 cm³/mol. The Bertz CT molecular complexity index is 395. The van der Waals surface area contributed by atoms with Gasteiger partial charge in [0.1, 0.15) is 0 Å². The Morgan fingerprint density at radius 3 is 2.83 bits per heavy atom. The Morgan fingerprint density at radius 2 is 2.06 bits per heavy atom. The van der Waals surface area contributed by atoms with Gasteiger partial charge in [-0.1, -0.05) is 17.7 Å². The number of nitrogens with zero attached hydrogens (tertiary/aromatic N) is 2. The molecule has 4 heteroatoms. The van der Waals surface area contributed by atoms with E-state index in [2.05, 4.69) is 28.2 Å². The van der Waals surface area contributed by atoms with Crippen molar-refractivity contribution in [2.75, 3.05) is 45.2 Å². The lowest BCUT2D eigenvalue weighted by molar-refractivity contribution is 0.360. The summed E-state index contributed by atoms with van der Waals surface area (Å²) in [5.41, 5.74) is 2.50. The average Bonchev–Trinajstić information content (AvgIpc) is 2.57. The molecule has 0 radical (unpaired) electrons. The maximum Gasteiger partial charge on any atom is 0.0471 e. The van der Waals surface area contributed by atoms with Gasteiger partial charge in [0.25, 0.3) is 0 Å². The fourth-order valence-electron chi connectivity index (χ4n) is 2.48. The van der Waals surface area contributed by atoms with Crippen molar-refractivity contribution in [3.8, 4) is 0 Å². The molecule has 0 amide bonds. The third kappa shape index (κ3) is 3.16. The first-order valence-electron chi connectivity index (χ1n) is 6.58. The van der Waals surface area contributed by atoms with Gasteiger partial charge in [0.05, 0.1) is 0 Å². The van der Waals surface area contributed by atoms with Crippen LogP contribution in [-0.4, -0.2) is 45.2 Å². The van der Waals surface area contributed by atoms with Crippen molar-refractivity contribution < 1.29 is 0 Å². The smallest absolute Gasteiger partial charge is 0.0471 e. The Hall–Kier alpha value is -0.770. The van der Waals surface area contributed by atoms with Gasteiger partial charge in [-0.05, 0) is 39.2 Å². The van der Waals surface area contributed by atoms with Crippen LogP contribution in [0, 0.1) is 0 Å². The van der Waals surface area contributed by atoms with E-state index < -0.39 is 0 Å². The van der Waals surface area contributed by atoms with Gasteiger partial charge in [-0.2, -0.15) is 0 Å². The predicted octanol–water partition coefficient (Wildman–Crippen LogP) is 2.20. The lowest BCUT2D eigenvalue weighted by Crippen LogP contribution is -2.30. The first kappa shape index (κ1) is 13.7. The molecule has 0 aliphatic carbocycles. The maximum atomic E-state index is 6.32. The van der Waals surface area contributed by atoms with Crippen LogP contribution in [0.3, 0.4) is 0 Å². The van der Waals surface area contributed by atoms with Gasteiger partial charge in [-0.25, -0.2) is 0 Å². The number of nitrogens with one attached hydrogen (secondary N) is 1. The molecule has 2 rings (SSSR count). The summed E-state index contributed by atoms with van der Waals surface area (Å²) in [5.74, 6) is 0. The van der Waals surface area contributed by atoms with Crippen molar-refractivity contribution in [2.24, 2.45) is 0 Å². The van der Waals surface area contributed by atoms with E-state index in [-0.39, 0.29) is 0 Å². The van der Waals surface area contributed by atoms with Crippen LogP contribution in [0.5, 0.6) is 0 Å². The highest BCUT2D eigenvalue weighted by Gasteiger charge is 2.16. The fourth-order valence-corrected chi connectivity index (χ4v) is 2.72. The van der Waals surface area contributed by atoms with Gasteiger partial charge in [-0.15, -0.1) is 0 Å². The van der Waals surface area contributed by atoms with Gasteiger partial charge < -0.3 is 15.1 Å². The molecule has 1 fully saturated rings. The van der Waals surface area contributed by atoms with Crippen LogP contribution in [0.1, 0.15) is 12.0 Å². The number of likely N-dealkylation sites (N-methyl/N-ethyl adjacent to an activating group) is 1. The monoisotopic (exact) mass is 267 g/mol. The zero-order valence-corrected chi connectivity index (χ0v) is 12.0. The normalized spacial score (nSPS) is 17.8. The van der Waals surface area contributed by atoms with Crippen molar-refractivity contribution >= 4 is 17.3 Å². The number of hydrogen-bond acceptors (Lipinski definition) is 3. The summed E-state index contributed by atoms with van der Waals surface area (Å²) in [7, 11) is 4.15. The topological polar surface area (TPSA) is 18.5 Å². The summed E-state index contributed by atoms with van der Waals surface area (Å²) >= 11 is 6.32. The van der Waals surface area contributed by atoms with Crippen LogP contribution in [-0.2, 0) is 6.54 Å². The van der Waals surface area contributed by atoms with E-state index in [1.54, 1.807) is 0 Å². The van der Waals surface area contributed by atoms with Gasteiger partial charge in [0, 0.05) is 42.5 Å². The standard InChI is InChI=1S/C14H22ClN3/c1-16-11-12-13(15)5-3-6-14(12)18-8-4-7-17(2)9-10-18/h3,5-6,16H,4,7-11H2,1-2H3. The number of benzene rings is 1. The molecule has 1 saturated heterocycles. The highest BCUT2D eigenvalue weighted by atomic mass is 35.5. The van der Waals surface area contributed by atoms with E-state index >= 15 is 0 Å². The molecule has 18 heavy (non-hydrogen) atoms. The molecule has 1 heterocycles. The van der Waals surface area contributed by atoms with Crippen molar-refractivity contribution in [1.29, 1.82) is 0 Å². The Labute approximate surface area is 115 Å². The second kappa shape index (κ2) is 6.41. The van der Waals surface area contributed by atoms with Crippen LogP contribution in [0.15, 0.2) is 18.2 Å². The van der Waals surface area contributed by atoms with Gasteiger partial charge in [0.2, 0.25) is 0 Å². The van der Waals surface area contributed by atoms with Gasteiger partial charge >= 0.3 is 0 Å². The quantitative estimate of drug-likeness (QED) is 0.906. The molecule has 0 bridgehead atoms. The summed E-state index contributed by atoms with van der Waals surface area (Å²) in [6, 6.07) is 6.21. The van der Waals surface area contributed by atoms with E-state index in [0.717, 1.165) is 31.2 Å². The molecule has 1 N–H and O–H groups in total. The zero-order valence-electron chi connectivity index (χ0n) is 11.2. The van der Waals surface area contributed by atoms with Gasteiger partial charge in [-0.3, -0.25) is 0 Å². The molecule has 0 aromatic heterocycles. The summed E-state index contributed by atoms with van der Waals surface area (Å²) in [6.45, 7) is 5.31. The van der Waals surface area contributed by atoms with Crippen LogP contribution >= 0.6 is 11.6 Å². The van der Waals surface area contributed by atoms with Crippen LogP contribution in [0.2, 0.25) is 5.02 Å². The second-order valence-electron chi connectivity index (χ2n) is 4.91. The van der Waals surface area contributed by atoms with Crippen molar-refractivity contribution in [3.63, 3.8) is 0 Å². The van der Waals surface area contributed by atoms with Gasteiger partial charge in [0.15, 0.2) is 0 Å². The number of anilines is 1. The number of rotatable bonds is 3.